The Labute approximate surface area is 253 Å². The van der Waals surface area contributed by atoms with Crippen molar-refractivity contribution in [3.05, 3.63) is 70.3 Å². The Hall–Kier alpha value is -2.83. The van der Waals surface area contributed by atoms with Crippen molar-refractivity contribution in [3.63, 3.8) is 0 Å². The Kier molecular flexibility index (Phi) is 10.5. The summed E-state index contributed by atoms with van der Waals surface area (Å²) in [6, 6.07) is 6.56. The maximum atomic E-state index is 14.8. The molecule has 0 spiro atoms. The fourth-order valence-corrected chi connectivity index (χ4v) is 7.53. The lowest BCUT2D eigenvalue weighted by Gasteiger charge is -2.36. The first kappa shape index (κ1) is 31.6. The summed E-state index contributed by atoms with van der Waals surface area (Å²) in [6.45, 7) is 3.96. The van der Waals surface area contributed by atoms with Crippen LogP contribution in [-0.4, -0.2) is 18.7 Å². The molecule has 0 heterocycles. The van der Waals surface area contributed by atoms with Crippen LogP contribution in [0.3, 0.4) is 0 Å². The van der Waals surface area contributed by atoms with Crippen molar-refractivity contribution in [2.24, 2.45) is 17.8 Å². The summed E-state index contributed by atoms with van der Waals surface area (Å²) in [4.78, 5) is 13.0. The number of carbonyl (C=O) groups is 1. The van der Waals surface area contributed by atoms with Gasteiger partial charge in [0.25, 0.3) is 0 Å². The molecule has 0 aliphatic heterocycles. The zero-order chi connectivity index (χ0) is 30.5. The van der Waals surface area contributed by atoms with Gasteiger partial charge in [0, 0.05) is 5.56 Å². The number of hydrogen-bond acceptors (Lipinski definition) is 3. The summed E-state index contributed by atoms with van der Waals surface area (Å²) < 4.78 is 69.4. The lowest BCUT2D eigenvalue weighted by molar-refractivity contribution is -0.157. The number of ether oxygens (including phenoxy) is 2. The number of aryl methyl sites for hydroxylation is 1. The van der Waals surface area contributed by atoms with Crippen LogP contribution in [-0.2, 0) is 16.0 Å². The predicted molar refractivity (Wildman–Crippen MR) is 160 cm³/mol. The molecule has 234 valence electrons. The molecule has 0 aromatic heterocycles. The minimum absolute atomic E-state index is 0.0525. The molecule has 0 bridgehead atoms. The zero-order valence-electron chi connectivity index (χ0n) is 25.4. The number of hydrogen-bond donors (Lipinski definition) is 0. The van der Waals surface area contributed by atoms with Crippen molar-refractivity contribution in [3.8, 4) is 5.75 Å². The second kappa shape index (κ2) is 14.3. The van der Waals surface area contributed by atoms with E-state index in [1.807, 2.05) is 6.92 Å². The first-order chi connectivity index (χ1) is 20.8. The van der Waals surface area contributed by atoms with Gasteiger partial charge in [0.15, 0.2) is 23.2 Å². The van der Waals surface area contributed by atoms with Crippen LogP contribution < -0.4 is 4.74 Å². The molecule has 3 nitrogen and oxygen atoms in total. The quantitative estimate of drug-likeness (QED) is 0.212. The molecule has 2 aromatic carbocycles. The second-order valence-electron chi connectivity index (χ2n) is 12.7. The van der Waals surface area contributed by atoms with E-state index in [2.05, 4.69) is 6.08 Å². The number of rotatable bonds is 9. The number of allylic oxidation sites excluding steroid dienone is 2. The van der Waals surface area contributed by atoms with Gasteiger partial charge >= 0.3 is 5.97 Å². The van der Waals surface area contributed by atoms with E-state index in [0.29, 0.717) is 67.1 Å². The largest absolute Gasteiger partial charge is 0.491 e. The van der Waals surface area contributed by atoms with Gasteiger partial charge < -0.3 is 9.47 Å². The third-order valence-electron chi connectivity index (χ3n) is 10.0. The predicted octanol–water partition coefficient (Wildman–Crippen LogP) is 9.85. The third kappa shape index (κ3) is 7.12. The van der Waals surface area contributed by atoms with Gasteiger partial charge in [0.05, 0.1) is 12.5 Å². The topological polar surface area (TPSA) is 35.5 Å². The van der Waals surface area contributed by atoms with E-state index in [4.69, 9.17) is 9.47 Å². The second-order valence-corrected chi connectivity index (χ2v) is 12.7. The van der Waals surface area contributed by atoms with Crippen molar-refractivity contribution in [1.82, 2.24) is 0 Å². The zero-order valence-corrected chi connectivity index (χ0v) is 25.4. The summed E-state index contributed by atoms with van der Waals surface area (Å²) in [5.41, 5.74) is 2.04. The third-order valence-corrected chi connectivity index (χ3v) is 10.0. The molecule has 5 rings (SSSR count). The molecule has 3 aliphatic rings. The maximum absolute atomic E-state index is 14.8. The van der Waals surface area contributed by atoms with Crippen molar-refractivity contribution < 1.29 is 31.8 Å². The molecule has 1 atom stereocenters. The average molecular weight is 601 g/mol. The number of benzene rings is 2. The molecule has 2 fully saturated rings. The van der Waals surface area contributed by atoms with Crippen molar-refractivity contribution in [2.75, 3.05) is 6.61 Å². The van der Waals surface area contributed by atoms with E-state index < -0.39 is 23.3 Å². The number of halogens is 4. The molecule has 0 radical (unpaired) electrons. The van der Waals surface area contributed by atoms with Crippen LogP contribution in [0.5, 0.6) is 5.75 Å². The highest BCUT2D eigenvalue weighted by atomic mass is 19.2. The first-order valence-corrected chi connectivity index (χ1v) is 16.3. The Morgan fingerprint density at radius 2 is 1.53 bits per heavy atom. The van der Waals surface area contributed by atoms with Crippen LogP contribution in [0.1, 0.15) is 114 Å². The van der Waals surface area contributed by atoms with Gasteiger partial charge in [0.2, 0.25) is 5.82 Å². The van der Waals surface area contributed by atoms with Crippen molar-refractivity contribution in [1.29, 1.82) is 0 Å². The summed E-state index contributed by atoms with van der Waals surface area (Å²) >= 11 is 0. The van der Waals surface area contributed by atoms with Crippen LogP contribution in [0.15, 0.2) is 30.3 Å². The van der Waals surface area contributed by atoms with E-state index >= 15 is 0 Å². The van der Waals surface area contributed by atoms with Gasteiger partial charge in [0.1, 0.15) is 6.10 Å². The molecule has 0 N–H and O–H groups in total. The Balaban J connectivity index is 1.07. The van der Waals surface area contributed by atoms with Gasteiger partial charge in [-0.1, -0.05) is 31.6 Å². The molecule has 3 aliphatic carbocycles. The Morgan fingerprint density at radius 3 is 2.19 bits per heavy atom. The van der Waals surface area contributed by atoms with Crippen LogP contribution in [0.4, 0.5) is 17.6 Å². The fourth-order valence-electron chi connectivity index (χ4n) is 7.53. The van der Waals surface area contributed by atoms with Crippen LogP contribution in [0.25, 0.3) is 5.57 Å². The summed E-state index contributed by atoms with van der Waals surface area (Å²) in [5.74, 6) is -2.65. The minimum atomic E-state index is -0.926. The molecule has 43 heavy (non-hydrogen) atoms. The highest BCUT2D eigenvalue weighted by Gasteiger charge is 2.34. The lowest BCUT2D eigenvalue weighted by atomic mass is 9.72. The van der Waals surface area contributed by atoms with Gasteiger partial charge in [-0.2, -0.15) is 4.39 Å². The summed E-state index contributed by atoms with van der Waals surface area (Å²) in [7, 11) is 0. The van der Waals surface area contributed by atoms with Gasteiger partial charge in [-0.05, 0) is 131 Å². The van der Waals surface area contributed by atoms with Gasteiger partial charge in [-0.3, -0.25) is 4.79 Å². The highest BCUT2D eigenvalue weighted by Crippen LogP contribution is 2.43. The molecule has 2 saturated carbocycles. The maximum Gasteiger partial charge on any atom is 0.309 e. The highest BCUT2D eigenvalue weighted by molar-refractivity contribution is 5.72. The lowest BCUT2D eigenvalue weighted by Crippen LogP contribution is -2.31. The van der Waals surface area contributed by atoms with E-state index in [-0.39, 0.29) is 36.3 Å². The van der Waals surface area contributed by atoms with Crippen LogP contribution in [0.2, 0.25) is 0 Å². The monoisotopic (exact) mass is 600 g/mol. The van der Waals surface area contributed by atoms with Gasteiger partial charge in [-0.25, -0.2) is 13.2 Å². The molecular weight excluding hydrogens is 556 g/mol. The molecular formula is C36H44F4O3. The normalized spacial score (nSPS) is 26.1. The van der Waals surface area contributed by atoms with E-state index in [0.717, 1.165) is 50.5 Å². The van der Waals surface area contributed by atoms with E-state index in [9.17, 15) is 22.4 Å². The van der Waals surface area contributed by atoms with Crippen molar-refractivity contribution in [2.45, 2.75) is 109 Å². The van der Waals surface area contributed by atoms with Crippen LogP contribution >= 0.6 is 0 Å². The number of carbonyl (C=O) groups excluding carboxylic acids is 1. The first-order valence-electron chi connectivity index (χ1n) is 16.3. The molecule has 0 saturated heterocycles. The van der Waals surface area contributed by atoms with Crippen LogP contribution in [0, 0.1) is 41.0 Å². The van der Waals surface area contributed by atoms with Gasteiger partial charge in [-0.15, -0.1) is 0 Å². The molecule has 0 amide bonds. The average Bonchev–Trinajstić information content (AvgIpc) is 3.03. The van der Waals surface area contributed by atoms with Crippen molar-refractivity contribution >= 4 is 11.5 Å². The fraction of sp³-hybridized carbons (Fsp3) is 0.583. The van der Waals surface area contributed by atoms with E-state index in [1.165, 1.54) is 6.07 Å². The molecule has 2 aromatic rings. The Bertz CT molecular complexity index is 1310. The SMILES string of the molecule is CCCc1ccc(C2CCC(C(=O)OC3CCC(C4CC=C(c5ccc(OCC)c(F)c5F)CC4)CC3)CC2)c(F)c1F. The standard InChI is InChI=1S/C36H44F4O3/c1-3-5-26-16-19-29(33(38)32(26)37)25-10-12-27(13-11-25)36(41)43-28-17-14-23(15-18-28)22-6-8-24(9-7-22)30-20-21-31(42-4-2)35(40)34(30)39/h8,16,19-23,25,27-28H,3-7,9-15,17-18H2,1-2H3. The summed E-state index contributed by atoms with van der Waals surface area (Å²) in [5, 5.41) is 0. The Morgan fingerprint density at radius 1 is 0.791 bits per heavy atom. The molecule has 7 heteroatoms. The number of esters is 1. The molecule has 1 unspecified atom stereocenters. The summed E-state index contributed by atoms with van der Waals surface area (Å²) in [6.07, 6.45) is 12.0. The minimum Gasteiger partial charge on any atom is -0.491 e. The van der Waals surface area contributed by atoms with E-state index in [1.54, 1.807) is 25.1 Å². The smallest absolute Gasteiger partial charge is 0.309 e.